The van der Waals surface area contributed by atoms with E-state index < -0.39 is 12.7 Å². The zero-order valence-electron chi connectivity index (χ0n) is 19.9. The Labute approximate surface area is 202 Å². The Morgan fingerprint density at radius 1 is 0.943 bits per heavy atom. The van der Waals surface area contributed by atoms with E-state index >= 15 is 0 Å². The van der Waals surface area contributed by atoms with Crippen molar-refractivity contribution < 1.29 is 26.9 Å². The minimum Gasteiger partial charge on any atom is -0.627 e. The third-order valence-electron chi connectivity index (χ3n) is 5.40. The van der Waals surface area contributed by atoms with Gasteiger partial charge in [0.05, 0.1) is 11.5 Å². The Morgan fingerprint density at radius 3 is 2.26 bits per heavy atom. The predicted molar refractivity (Wildman–Crippen MR) is 136 cm³/mol. The average Bonchev–Trinajstić information content (AvgIpc) is 2.80. The van der Waals surface area contributed by atoms with Crippen LogP contribution in [0.5, 0.6) is 5.75 Å². The number of anilines is 1. The van der Waals surface area contributed by atoms with Gasteiger partial charge in [-0.05, 0) is 47.6 Å². The Balaban J connectivity index is 1.64. The largest absolute Gasteiger partial charge is 0.725 e. The monoisotopic (exact) mass is 478 g/mol. The summed E-state index contributed by atoms with van der Waals surface area (Å²) >= 11 is 0. The molecule has 0 fully saturated rings. The zero-order valence-corrected chi connectivity index (χ0v) is 19.9. The highest BCUT2D eigenvalue weighted by atomic mass is 19.3. The first-order valence-corrected chi connectivity index (χ1v) is 11.0. The van der Waals surface area contributed by atoms with Gasteiger partial charge in [-0.1, -0.05) is 24.3 Å². The maximum atomic E-state index is 14.2. The van der Waals surface area contributed by atoms with Crippen LogP contribution in [0.4, 0.5) is 14.3 Å². The highest BCUT2D eigenvalue weighted by Gasteiger charge is 2.40. The summed E-state index contributed by atoms with van der Waals surface area (Å²) in [5.41, 5.74) is 2.60. The van der Waals surface area contributed by atoms with Crippen LogP contribution in [-0.4, -0.2) is 45.6 Å². The molecule has 6 nitrogen and oxygen atoms in total. The van der Waals surface area contributed by atoms with Gasteiger partial charge in [0.15, 0.2) is 5.71 Å². The number of hydrogen-bond donors (Lipinski definition) is 0. The number of halogens is 2. The Hall–Kier alpha value is -4.14. The van der Waals surface area contributed by atoms with Crippen molar-refractivity contribution >= 4 is 36.4 Å². The molecule has 0 atom stereocenters. The van der Waals surface area contributed by atoms with Crippen LogP contribution >= 0.6 is 0 Å². The summed E-state index contributed by atoms with van der Waals surface area (Å²) in [7, 11) is 3.07. The molecule has 180 valence electrons. The first-order chi connectivity index (χ1) is 16.6. The SMILES string of the molecule is CN(C)c1ccc(/C=C/c2cc3c(c(=O)o2)C(=CC=C2C=CC(=[N+](C)C)C=C2)O[B-](F)(F)O3)cc1. The molecule has 4 rings (SSSR count). The molecule has 2 heterocycles. The van der Waals surface area contributed by atoms with E-state index in [1.54, 1.807) is 12.2 Å². The van der Waals surface area contributed by atoms with Crippen LogP contribution in [0.3, 0.4) is 0 Å². The lowest BCUT2D eigenvalue weighted by atomic mass is 10.0. The molecule has 0 bridgehead atoms. The molecule has 0 spiro atoms. The summed E-state index contributed by atoms with van der Waals surface area (Å²) in [6.45, 7) is 0. The van der Waals surface area contributed by atoms with E-state index in [2.05, 4.69) is 0 Å². The van der Waals surface area contributed by atoms with E-state index in [0.29, 0.717) is 0 Å². The van der Waals surface area contributed by atoms with Crippen LogP contribution in [0.25, 0.3) is 17.9 Å². The van der Waals surface area contributed by atoms with E-state index in [0.717, 1.165) is 22.5 Å². The van der Waals surface area contributed by atoms with Crippen molar-refractivity contribution in [2.75, 3.05) is 33.1 Å². The van der Waals surface area contributed by atoms with Crippen molar-refractivity contribution in [1.82, 2.24) is 0 Å². The molecule has 1 aromatic carbocycles. The molecule has 1 aliphatic carbocycles. The number of nitrogens with zero attached hydrogens (tertiary/aromatic N) is 2. The molecule has 0 radical (unpaired) electrons. The second kappa shape index (κ2) is 9.62. The van der Waals surface area contributed by atoms with Crippen LogP contribution in [0.2, 0.25) is 0 Å². The fraction of sp³-hybridized carbons (Fsp3) is 0.154. The Morgan fingerprint density at radius 2 is 1.63 bits per heavy atom. The van der Waals surface area contributed by atoms with E-state index in [9.17, 15) is 13.4 Å². The topological polar surface area (TPSA) is 54.9 Å². The van der Waals surface area contributed by atoms with E-state index in [4.69, 9.17) is 13.7 Å². The van der Waals surface area contributed by atoms with Crippen molar-refractivity contribution in [3.63, 3.8) is 0 Å². The first-order valence-electron chi connectivity index (χ1n) is 11.0. The number of benzene rings is 1. The highest BCUT2D eigenvalue weighted by Crippen LogP contribution is 2.36. The van der Waals surface area contributed by atoms with Gasteiger partial charge in [-0.25, -0.2) is 9.37 Å². The molecule has 2 aliphatic rings. The summed E-state index contributed by atoms with van der Waals surface area (Å²) in [4.78, 5) is 14.7. The van der Waals surface area contributed by atoms with Gasteiger partial charge in [0.2, 0.25) is 0 Å². The maximum Gasteiger partial charge on any atom is 0.725 e. The zero-order chi connectivity index (χ0) is 25.2. The van der Waals surface area contributed by atoms with Gasteiger partial charge >= 0.3 is 12.7 Å². The second-order valence-electron chi connectivity index (χ2n) is 8.45. The molecule has 2 aromatic rings. The lowest BCUT2D eigenvalue weighted by Crippen LogP contribution is -2.40. The number of fused-ring (bicyclic) bond motifs is 1. The number of rotatable bonds is 4. The third kappa shape index (κ3) is 5.69. The number of allylic oxidation sites excluding steroid dienone is 7. The second-order valence-corrected chi connectivity index (χ2v) is 8.45. The van der Waals surface area contributed by atoms with E-state index in [1.807, 2.05) is 86.2 Å². The fourth-order valence-electron chi connectivity index (χ4n) is 3.51. The van der Waals surface area contributed by atoms with Crippen molar-refractivity contribution in [2.24, 2.45) is 0 Å². The summed E-state index contributed by atoms with van der Waals surface area (Å²) in [5, 5.41) is 0. The lowest BCUT2D eigenvalue weighted by Gasteiger charge is -2.35. The van der Waals surface area contributed by atoms with Gasteiger partial charge in [-0.15, -0.1) is 0 Å². The molecular weight excluding hydrogens is 453 g/mol. The minimum atomic E-state index is -4.65. The first kappa shape index (κ1) is 24.0. The predicted octanol–water partition coefficient (Wildman–Crippen LogP) is 4.77. The smallest absolute Gasteiger partial charge is 0.627 e. The Kier molecular flexibility index (Phi) is 6.60. The molecule has 0 saturated heterocycles. The van der Waals surface area contributed by atoms with Crippen LogP contribution in [0.15, 0.2) is 81.6 Å². The molecule has 9 heteroatoms. The molecular formula is C26H25BF2N2O4. The molecule has 1 aliphatic heterocycles. The molecule has 0 unspecified atom stereocenters. The van der Waals surface area contributed by atoms with Gasteiger partial charge in [0.25, 0.3) is 0 Å². The van der Waals surface area contributed by atoms with Crippen molar-refractivity contribution in [1.29, 1.82) is 0 Å². The van der Waals surface area contributed by atoms with Crippen molar-refractivity contribution in [3.8, 4) is 5.75 Å². The lowest BCUT2D eigenvalue weighted by molar-refractivity contribution is -0.462. The molecule has 0 amide bonds. The van der Waals surface area contributed by atoms with Crippen LogP contribution < -0.4 is 15.2 Å². The standard InChI is InChI=1S/C26H25BF2N2O4/c1-30(2)20-11-5-18(6-12-20)9-15-22-17-24-25(26(32)33-22)23(34-27(28,29)35-24)16-10-19-7-13-21(14-8-19)31(3)4/h5-17H,1-4H3. The van der Waals surface area contributed by atoms with Gasteiger partial charge < -0.3 is 27.3 Å². The normalized spacial score (nSPS) is 17.3. The average molecular weight is 478 g/mol. The molecule has 35 heavy (non-hydrogen) atoms. The van der Waals surface area contributed by atoms with Gasteiger partial charge in [-0.3, -0.25) is 0 Å². The summed E-state index contributed by atoms with van der Waals surface area (Å²) in [6.07, 6.45) is 13.6. The van der Waals surface area contributed by atoms with Gasteiger partial charge in [0, 0.05) is 38.0 Å². The van der Waals surface area contributed by atoms with Crippen LogP contribution in [0, 0.1) is 0 Å². The summed E-state index contributed by atoms with van der Waals surface area (Å²) in [5.74, 6) is -0.513. The molecule has 1 aromatic heterocycles. The molecule has 0 saturated carbocycles. The third-order valence-corrected chi connectivity index (χ3v) is 5.40. The van der Waals surface area contributed by atoms with Crippen LogP contribution in [-0.2, 0) is 4.65 Å². The summed E-state index contributed by atoms with van der Waals surface area (Å²) in [6, 6.07) is 8.93. The van der Waals surface area contributed by atoms with Crippen LogP contribution in [0.1, 0.15) is 16.9 Å². The fourth-order valence-corrected chi connectivity index (χ4v) is 3.51. The summed E-state index contributed by atoms with van der Waals surface area (Å²) < 4.78 is 45.1. The van der Waals surface area contributed by atoms with E-state index in [1.165, 1.54) is 18.2 Å². The number of hydrogen-bond acceptors (Lipinski definition) is 5. The van der Waals surface area contributed by atoms with E-state index in [-0.39, 0.29) is 22.8 Å². The van der Waals surface area contributed by atoms with Gasteiger partial charge in [0.1, 0.15) is 25.4 Å². The minimum absolute atomic E-state index is 0.0848. The quantitative estimate of drug-likeness (QED) is 0.469. The molecule has 0 N–H and O–H groups in total. The Bertz CT molecular complexity index is 1360. The highest BCUT2D eigenvalue weighted by molar-refractivity contribution is 6.54. The van der Waals surface area contributed by atoms with Gasteiger partial charge in [-0.2, -0.15) is 0 Å². The maximum absolute atomic E-state index is 14.2. The van der Waals surface area contributed by atoms with Crippen molar-refractivity contribution in [3.05, 3.63) is 99.7 Å². The van der Waals surface area contributed by atoms with Crippen molar-refractivity contribution in [2.45, 2.75) is 0 Å².